The van der Waals surface area contributed by atoms with Gasteiger partial charge in [0.25, 0.3) is 0 Å². The summed E-state index contributed by atoms with van der Waals surface area (Å²) in [6, 6.07) is 34.2. The van der Waals surface area contributed by atoms with Gasteiger partial charge in [-0.3, -0.25) is 0 Å². The topological polar surface area (TPSA) is 4.93 Å². The van der Waals surface area contributed by atoms with Crippen LogP contribution in [0.2, 0.25) is 0 Å². The first-order valence-electron chi connectivity index (χ1n) is 12.3. The first-order valence-corrected chi connectivity index (χ1v) is 12.3. The fourth-order valence-corrected chi connectivity index (χ4v) is 7.10. The molecule has 1 nitrogen and oxygen atoms in total. The average Bonchev–Trinajstić information content (AvgIpc) is 3.55. The Morgan fingerprint density at radius 3 is 1.97 bits per heavy atom. The van der Waals surface area contributed by atoms with Gasteiger partial charge in [0.05, 0.1) is 11.0 Å². The first-order chi connectivity index (χ1) is 16.9. The number of hydrogen-bond acceptors (Lipinski definition) is 0. The normalized spacial score (nSPS) is 14.1. The zero-order valence-corrected chi connectivity index (χ0v) is 18.7. The van der Waals surface area contributed by atoms with Gasteiger partial charge in [-0.25, -0.2) is 0 Å². The van der Waals surface area contributed by atoms with Gasteiger partial charge in [-0.1, -0.05) is 72.8 Å². The largest absolute Gasteiger partial charge is 0.309 e. The number of nitrogens with zero attached hydrogens (tertiary/aromatic N) is 1. The van der Waals surface area contributed by atoms with E-state index in [0.717, 1.165) is 19.3 Å². The third-order valence-electron chi connectivity index (χ3n) is 8.49. The molecule has 6 aromatic rings. The molecule has 1 aromatic heterocycles. The van der Waals surface area contributed by atoms with Gasteiger partial charge < -0.3 is 4.57 Å². The van der Waals surface area contributed by atoms with E-state index in [0.29, 0.717) is 0 Å². The molecule has 2 heterocycles. The minimum atomic E-state index is 1.02. The molecule has 0 N–H and O–H groups in total. The fraction of sp³-hybridized carbons (Fsp3) is 0.0909. The predicted octanol–water partition coefficient (Wildman–Crippen LogP) is 7.83. The maximum absolute atomic E-state index is 2.57. The van der Waals surface area contributed by atoms with Crippen LogP contribution in [0.5, 0.6) is 0 Å². The Morgan fingerprint density at radius 2 is 1.15 bits per heavy atom. The van der Waals surface area contributed by atoms with E-state index in [9.17, 15) is 0 Å². The highest BCUT2D eigenvalue weighted by Crippen LogP contribution is 2.50. The van der Waals surface area contributed by atoms with Crippen LogP contribution in [-0.2, 0) is 19.3 Å². The highest BCUT2D eigenvalue weighted by atomic mass is 15.0. The van der Waals surface area contributed by atoms with E-state index in [2.05, 4.69) is 95.6 Å². The van der Waals surface area contributed by atoms with Crippen molar-refractivity contribution >= 4 is 21.8 Å². The first kappa shape index (κ1) is 17.4. The summed E-state index contributed by atoms with van der Waals surface area (Å²) in [4.78, 5) is 0. The van der Waals surface area contributed by atoms with Gasteiger partial charge in [-0.15, -0.1) is 0 Å². The maximum atomic E-state index is 2.57. The second-order valence-electron chi connectivity index (χ2n) is 10.1. The number of aromatic nitrogens is 1. The minimum Gasteiger partial charge on any atom is -0.309 e. The molecule has 5 aromatic carbocycles. The average molecular weight is 432 g/mol. The predicted molar refractivity (Wildman–Crippen MR) is 140 cm³/mol. The molecule has 0 unspecified atom stereocenters. The SMILES string of the molecule is c1ccc2c(c1)Cc1c-2cc2c3c4c(ccc3n3c2c1Cc1ccccc1-3)-c1ccccc1C4. The zero-order valence-electron chi connectivity index (χ0n) is 18.7. The Bertz CT molecular complexity index is 1880. The van der Waals surface area contributed by atoms with Crippen molar-refractivity contribution in [3.63, 3.8) is 0 Å². The molecule has 2 aliphatic carbocycles. The Morgan fingerprint density at radius 1 is 0.500 bits per heavy atom. The van der Waals surface area contributed by atoms with Crippen LogP contribution in [0.25, 0.3) is 49.7 Å². The third kappa shape index (κ3) is 1.94. The van der Waals surface area contributed by atoms with Crippen molar-refractivity contribution in [2.75, 3.05) is 0 Å². The van der Waals surface area contributed by atoms with Crippen molar-refractivity contribution in [1.82, 2.24) is 4.57 Å². The Hall–Kier alpha value is -4.10. The van der Waals surface area contributed by atoms with E-state index >= 15 is 0 Å². The van der Waals surface area contributed by atoms with Crippen molar-refractivity contribution in [3.8, 4) is 27.9 Å². The van der Waals surface area contributed by atoms with Gasteiger partial charge in [-0.2, -0.15) is 0 Å². The number of fused-ring (bicyclic) bond motifs is 13. The van der Waals surface area contributed by atoms with Gasteiger partial charge >= 0.3 is 0 Å². The van der Waals surface area contributed by atoms with Crippen LogP contribution >= 0.6 is 0 Å². The van der Waals surface area contributed by atoms with Crippen LogP contribution in [0.4, 0.5) is 0 Å². The van der Waals surface area contributed by atoms with Crippen molar-refractivity contribution in [2.45, 2.75) is 19.3 Å². The molecule has 9 rings (SSSR count). The number of benzene rings is 5. The summed E-state index contributed by atoms with van der Waals surface area (Å²) in [5.41, 5.74) is 18.7. The quantitative estimate of drug-likeness (QED) is 0.231. The molecule has 0 saturated carbocycles. The Labute approximate surface area is 197 Å². The molecular weight excluding hydrogens is 410 g/mol. The highest BCUT2D eigenvalue weighted by molar-refractivity contribution is 6.16. The van der Waals surface area contributed by atoms with E-state index in [1.54, 1.807) is 0 Å². The molecule has 1 aliphatic heterocycles. The third-order valence-corrected chi connectivity index (χ3v) is 8.49. The molecule has 0 radical (unpaired) electrons. The van der Waals surface area contributed by atoms with Crippen LogP contribution in [0.1, 0.15) is 33.4 Å². The molecule has 0 spiro atoms. The summed E-state index contributed by atoms with van der Waals surface area (Å²) >= 11 is 0. The van der Waals surface area contributed by atoms with E-state index in [1.165, 1.54) is 83.1 Å². The van der Waals surface area contributed by atoms with Gasteiger partial charge in [0, 0.05) is 22.9 Å². The van der Waals surface area contributed by atoms with E-state index in [4.69, 9.17) is 0 Å². The molecule has 158 valence electrons. The second-order valence-corrected chi connectivity index (χ2v) is 10.1. The molecule has 0 atom stereocenters. The van der Waals surface area contributed by atoms with Crippen LogP contribution < -0.4 is 0 Å². The monoisotopic (exact) mass is 431 g/mol. The second kappa shape index (κ2) is 5.87. The van der Waals surface area contributed by atoms with E-state index in [-0.39, 0.29) is 0 Å². The standard InChI is InChI=1S/C33H21N/c1-4-10-22-20(8-1)16-27-24(22)13-14-31-32(27)29-18-26-23-11-5-2-7-19(23)15-25(26)28-17-21-9-3-6-12-30(21)34(31)33(28)29/h1-14,18H,15-17H2. The lowest BCUT2D eigenvalue weighted by Gasteiger charge is -2.23. The summed E-state index contributed by atoms with van der Waals surface area (Å²) in [5.74, 6) is 0. The Kier molecular flexibility index (Phi) is 3.00. The molecule has 0 amide bonds. The van der Waals surface area contributed by atoms with Crippen molar-refractivity contribution in [2.24, 2.45) is 0 Å². The molecule has 0 bridgehead atoms. The number of rotatable bonds is 0. The highest BCUT2D eigenvalue weighted by Gasteiger charge is 2.32. The van der Waals surface area contributed by atoms with Crippen molar-refractivity contribution in [3.05, 3.63) is 124 Å². The lowest BCUT2D eigenvalue weighted by Crippen LogP contribution is -2.09. The molecule has 1 heteroatoms. The fourth-order valence-electron chi connectivity index (χ4n) is 7.10. The summed E-state index contributed by atoms with van der Waals surface area (Å²) in [5, 5.41) is 2.88. The van der Waals surface area contributed by atoms with E-state index in [1.807, 2.05) is 0 Å². The Balaban J connectivity index is 1.49. The maximum Gasteiger partial charge on any atom is 0.0579 e. The lowest BCUT2D eigenvalue weighted by atomic mass is 9.90. The smallest absolute Gasteiger partial charge is 0.0579 e. The number of para-hydroxylation sites is 1. The van der Waals surface area contributed by atoms with Gasteiger partial charge in [0.1, 0.15) is 0 Å². The minimum absolute atomic E-state index is 1.02. The molecular formula is C33H21N. The van der Waals surface area contributed by atoms with Crippen molar-refractivity contribution in [1.29, 1.82) is 0 Å². The van der Waals surface area contributed by atoms with Crippen LogP contribution in [0.3, 0.4) is 0 Å². The molecule has 0 saturated heterocycles. The molecule has 34 heavy (non-hydrogen) atoms. The zero-order chi connectivity index (χ0) is 22.0. The molecule has 3 aliphatic rings. The lowest BCUT2D eigenvalue weighted by molar-refractivity contribution is 1.02. The molecule has 0 fully saturated rings. The van der Waals surface area contributed by atoms with E-state index < -0.39 is 0 Å². The van der Waals surface area contributed by atoms with Crippen LogP contribution in [0.15, 0.2) is 91.0 Å². The number of hydrogen-bond donors (Lipinski definition) is 0. The van der Waals surface area contributed by atoms with Gasteiger partial charge in [0.2, 0.25) is 0 Å². The van der Waals surface area contributed by atoms with Crippen LogP contribution in [0, 0.1) is 0 Å². The summed E-state index contributed by atoms with van der Waals surface area (Å²) in [6.45, 7) is 0. The van der Waals surface area contributed by atoms with Gasteiger partial charge in [0.15, 0.2) is 0 Å². The summed E-state index contributed by atoms with van der Waals surface area (Å²) in [7, 11) is 0. The van der Waals surface area contributed by atoms with Crippen LogP contribution in [-0.4, -0.2) is 4.57 Å². The van der Waals surface area contributed by atoms with Crippen molar-refractivity contribution < 1.29 is 0 Å². The summed E-state index contributed by atoms with van der Waals surface area (Å²) < 4.78 is 2.57. The van der Waals surface area contributed by atoms with Gasteiger partial charge in [-0.05, 0) is 86.7 Å². The summed E-state index contributed by atoms with van der Waals surface area (Å²) in [6.07, 6.45) is 3.08.